The average molecular weight is 959 g/mol. The van der Waals surface area contributed by atoms with Crippen LogP contribution in [-0.2, 0) is 4.79 Å². The van der Waals surface area contributed by atoms with Gasteiger partial charge in [0, 0.05) is 6.42 Å². The highest BCUT2D eigenvalue weighted by atomic mass is 16.3. The number of carbonyl (C=O) groups excluding carboxylic acids is 1. The molecule has 0 aliphatic heterocycles. The fourth-order valence-corrected chi connectivity index (χ4v) is 10.4. The molecule has 0 heterocycles. The number of hydrogen-bond donors (Lipinski definition) is 3. The molecule has 4 heteroatoms. The summed E-state index contributed by atoms with van der Waals surface area (Å²) in [7, 11) is 0. The lowest BCUT2D eigenvalue weighted by atomic mass is 10.0. The zero-order valence-electron chi connectivity index (χ0n) is 46.9. The van der Waals surface area contributed by atoms with E-state index in [2.05, 4.69) is 19.2 Å². The van der Waals surface area contributed by atoms with Crippen molar-refractivity contribution in [3.05, 3.63) is 12.2 Å². The fourth-order valence-electron chi connectivity index (χ4n) is 10.4. The molecule has 2 atom stereocenters. The molecule has 0 aliphatic rings. The van der Waals surface area contributed by atoms with Crippen molar-refractivity contribution in [1.29, 1.82) is 0 Å². The van der Waals surface area contributed by atoms with Crippen LogP contribution in [0.1, 0.15) is 373 Å². The molecule has 3 N–H and O–H groups in total. The summed E-state index contributed by atoms with van der Waals surface area (Å²) in [6.45, 7) is 4.36. The van der Waals surface area contributed by atoms with E-state index in [1.807, 2.05) is 6.08 Å². The largest absolute Gasteiger partial charge is 0.394 e. The Hall–Kier alpha value is -0.870. The Morgan fingerprint density at radius 2 is 0.544 bits per heavy atom. The lowest BCUT2D eigenvalue weighted by Crippen LogP contribution is -2.45. The highest BCUT2D eigenvalue weighted by Crippen LogP contribution is 2.19. The van der Waals surface area contributed by atoms with Gasteiger partial charge >= 0.3 is 0 Å². The molecule has 0 saturated carbocycles. The minimum atomic E-state index is -0.836. The summed E-state index contributed by atoms with van der Waals surface area (Å²) in [6.07, 6.45) is 79.9. The summed E-state index contributed by atoms with van der Waals surface area (Å²) in [5.74, 6) is -0.0541. The van der Waals surface area contributed by atoms with Gasteiger partial charge in [-0.1, -0.05) is 360 Å². The molecule has 1 amide bonds. The van der Waals surface area contributed by atoms with Crippen molar-refractivity contribution >= 4 is 5.91 Å². The third-order valence-electron chi connectivity index (χ3n) is 15.3. The predicted octanol–water partition coefficient (Wildman–Crippen LogP) is 21.3. The van der Waals surface area contributed by atoms with E-state index in [1.165, 1.54) is 327 Å². The lowest BCUT2D eigenvalue weighted by Gasteiger charge is -2.20. The standard InChI is InChI=1S/C64H127NO3/c1-3-5-7-9-11-13-15-17-19-21-23-25-27-28-29-30-31-32-33-34-35-36-38-40-42-44-46-48-50-52-54-56-58-60-64(68)65-62(61-66)63(67)59-57-55-53-51-49-47-45-43-41-39-37-26-24-22-20-18-16-14-12-10-8-6-4-2/h57,59,62-63,66-67H,3-56,58,60-61H2,1-2H3,(H,65,68)/b59-57+. The maximum Gasteiger partial charge on any atom is 0.220 e. The van der Waals surface area contributed by atoms with E-state index in [9.17, 15) is 15.0 Å². The third-order valence-corrected chi connectivity index (χ3v) is 15.3. The summed E-state index contributed by atoms with van der Waals surface area (Å²) >= 11 is 0. The van der Waals surface area contributed by atoms with Gasteiger partial charge in [0.15, 0.2) is 0 Å². The van der Waals surface area contributed by atoms with E-state index in [4.69, 9.17) is 0 Å². The van der Waals surface area contributed by atoms with Gasteiger partial charge in [-0.25, -0.2) is 0 Å². The maximum absolute atomic E-state index is 12.5. The Labute approximate surface area is 428 Å². The van der Waals surface area contributed by atoms with Crippen LogP contribution in [0, 0.1) is 0 Å². The van der Waals surface area contributed by atoms with Crippen LogP contribution in [0.3, 0.4) is 0 Å². The van der Waals surface area contributed by atoms with Gasteiger partial charge in [0.1, 0.15) is 0 Å². The molecule has 0 aromatic carbocycles. The molecule has 0 radical (unpaired) electrons. The van der Waals surface area contributed by atoms with Crippen LogP contribution >= 0.6 is 0 Å². The smallest absolute Gasteiger partial charge is 0.220 e. The molecule has 4 nitrogen and oxygen atoms in total. The van der Waals surface area contributed by atoms with Crippen molar-refractivity contribution in [2.75, 3.05) is 6.61 Å². The Morgan fingerprint density at radius 1 is 0.338 bits per heavy atom. The van der Waals surface area contributed by atoms with Crippen molar-refractivity contribution in [2.45, 2.75) is 386 Å². The zero-order chi connectivity index (χ0) is 49.2. The highest BCUT2D eigenvalue weighted by Gasteiger charge is 2.18. The van der Waals surface area contributed by atoms with Crippen LogP contribution < -0.4 is 5.32 Å². The third kappa shape index (κ3) is 56.0. The summed E-state index contributed by atoms with van der Waals surface area (Å²) in [6, 6.07) is -0.619. The Bertz CT molecular complexity index is 952. The minimum Gasteiger partial charge on any atom is -0.394 e. The second-order valence-electron chi connectivity index (χ2n) is 22.2. The SMILES string of the molecule is CCCCCCCCCCCCCCCCCCCCCCC/C=C/C(O)C(CO)NC(=O)CCCCCCCCCCCCCCCCCCCCCCCCCCCCCCCCCCC. The van der Waals surface area contributed by atoms with Crippen molar-refractivity contribution in [3.8, 4) is 0 Å². The molecular weight excluding hydrogens is 831 g/mol. The molecule has 406 valence electrons. The van der Waals surface area contributed by atoms with Gasteiger partial charge in [-0.05, 0) is 19.3 Å². The maximum atomic E-state index is 12.5. The molecule has 0 aliphatic carbocycles. The number of rotatable bonds is 60. The van der Waals surface area contributed by atoms with Gasteiger partial charge in [-0.2, -0.15) is 0 Å². The molecule has 0 bridgehead atoms. The number of hydrogen-bond acceptors (Lipinski definition) is 3. The first-order chi connectivity index (χ1) is 33.7. The first-order valence-electron chi connectivity index (χ1n) is 31.9. The molecule has 2 unspecified atom stereocenters. The number of amides is 1. The fraction of sp³-hybridized carbons (Fsp3) is 0.953. The minimum absolute atomic E-state index is 0.0541. The van der Waals surface area contributed by atoms with Crippen LogP contribution in [0.15, 0.2) is 12.2 Å². The molecule has 0 fully saturated rings. The second kappa shape index (κ2) is 60.4. The molecule has 0 saturated heterocycles. The monoisotopic (exact) mass is 958 g/mol. The molecule has 0 rings (SSSR count). The first kappa shape index (κ1) is 67.1. The van der Waals surface area contributed by atoms with Crippen LogP contribution in [0.5, 0.6) is 0 Å². The summed E-state index contributed by atoms with van der Waals surface area (Å²) in [5, 5.41) is 23.2. The number of nitrogens with one attached hydrogen (secondary N) is 1. The molecule has 0 aromatic heterocycles. The summed E-state index contributed by atoms with van der Waals surface area (Å²) < 4.78 is 0. The van der Waals surface area contributed by atoms with E-state index < -0.39 is 12.1 Å². The van der Waals surface area contributed by atoms with Gasteiger partial charge in [0.2, 0.25) is 5.91 Å². The molecule has 0 aromatic rings. The van der Waals surface area contributed by atoms with Gasteiger partial charge in [0.05, 0.1) is 18.8 Å². The van der Waals surface area contributed by atoms with E-state index in [1.54, 1.807) is 6.08 Å². The van der Waals surface area contributed by atoms with Crippen molar-refractivity contribution in [1.82, 2.24) is 5.32 Å². The molecule has 68 heavy (non-hydrogen) atoms. The van der Waals surface area contributed by atoms with Gasteiger partial charge in [0.25, 0.3) is 0 Å². The predicted molar refractivity (Wildman–Crippen MR) is 304 cm³/mol. The normalized spacial score (nSPS) is 12.7. The quantitative estimate of drug-likeness (QED) is 0.0420. The topological polar surface area (TPSA) is 69.6 Å². The average Bonchev–Trinajstić information content (AvgIpc) is 3.34. The number of aliphatic hydroxyl groups is 2. The zero-order valence-corrected chi connectivity index (χ0v) is 46.9. The number of carbonyl (C=O) groups is 1. The first-order valence-corrected chi connectivity index (χ1v) is 31.9. The van der Waals surface area contributed by atoms with Crippen LogP contribution in [0.2, 0.25) is 0 Å². The van der Waals surface area contributed by atoms with E-state index in [-0.39, 0.29) is 12.5 Å². The Kier molecular flexibility index (Phi) is 59.7. The second-order valence-corrected chi connectivity index (χ2v) is 22.2. The van der Waals surface area contributed by atoms with Crippen molar-refractivity contribution < 1.29 is 15.0 Å². The number of aliphatic hydroxyl groups excluding tert-OH is 2. The highest BCUT2D eigenvalue weighted by molar-refractivity contribution is 5.76. The lowest BCUT2D eigenvalue weighted by molar-refractivity contribution is -0.123. The van der Waals surface area contributed by atoms with Gasteiger partial charge in [-0.15, -0.1) is 0 Å². The molecular formula is C64H127NO3. The van der Waals surface area contributed by atoms with Crippen molar-refractivity contribution in [2.24, 2.45) is 0 Å². The molecule has 0 spiro atoms. The van der Waals surface area contributed by atoms with E-state index in [0.29, 0.717) is 6.42 Å². The summed E-state index contributed by atoms with van der Waals surface area (Å²) in [5.41, 5.74) is 0. The number of allylic oxidation sites excluding steroid dienone is 1. The summed E-state index contributed by atoms with van der Waals surface area (Å²) in [4.78, 5) is 12.5. The van der Waals surface area contributed by atoms with E-state index in [0.717, 1.165) is 25.7 Å². The van der Waals surface area contributed by atoms with Crippen molar-refractivity contribution in [3.63, 3.8) is 0 Å². The van der Waals surface area contributed by atoms with Gasteiger partial charge < -0.3 is 15.5 Å². The number of unbranched alkanes of at least 4 members (excludes halogenated alkanes) is 53. The Morgan fingerprint density at radius 3 is 0.765 bits per heavy atom. The van der Waals surface area contributed by atoms with Crippen LogP contribution in [0.4, 0.5) is 0 Å². The van der Waals surface area contributed by atoms with E-state index >= 15 is 0 Å². The van der Waals surface area contributed by atoms with Crippen LogP contribution in [-0.4, -0.2) is 34.9 Å². The van der Waals surface area contributed by atoms with Crippen LogP contribution in [0.25, 0.3) is 0 Å². The van der Waals surface area contributed by atoms with Gasteiger partial charge in [-0.3, -0.25) is 4.79 Å². The Balaban J connectivity index is 3.40.